The molecule has 0 saturated carbocycles. The van der Waals surface area contributed by atoms with Crippen LogP contribution in [0.1, 0.15) is 18.9 Å². The maximum Gasteiger partial charge on any atom is 0.305 e. The van der Waals surface area contributed by atoms with Gasteiger partial charge in [-0.25, -0.2) is 0 Å². The van der Waals surface area contributed by atoms with Crippen LogP contribution in [0.3, 0.4) is 0 Å². The number of carbonyl (C=O) groups excluding carboxylic acids is 1. The van der Waals surface area contributed by atoms with E-state index in [0.717, 1.165) is 11.1 Å². The second-order valence-corrected chi connectivity index (χ2v) is 4.76. The molecular weight excluding hydrogens is 276 g/mol. The predicted molar refractivity (Wildman–Crippen MR) is 75.6 cm³/mol. The van der Waals surface area contributed by atoms with Crippen molar-refractivity contribution >= 4 is 23.1 Å². The molecule has 0 bridgehead atoms. The number of nitrogens with two attached hydrogens (primary N) is 1. The molecule has 0 aromatic heterocycles. The van der Waals surface area contributed by atoms with Crippen LogP contribution >= 0.6 is 0 Å². The van der Waals surface area contributed by atoms with Crippen molar-refractivity contribution in [3.05, 3.63) is 29.8 Å². The van der Waals surface area contributed by atoms with Crippen molar-refractivity contribution in [3.63, 3.8) is 0 Å². The first-order chi connectivity index (χ1) is 9.86. The first-order valence-corrected chi connectivity index (χ1v) is 6.32. The summed E-state index contributed by atoms with van der Waals surface area (Å²) < 4.78 is 5.25. The SMILES string of the molecule is CC1=CC(O)Oc2cc(NC(=O)[C@@H](N)CC(=O)O)ccc21. The highest BCUT2D eigenvalue weighted by molar-refractivity contribution is 5.97. The normalized spacial score (nSPS) is 18.0. The first-order valence-electron chi connectivity index (χ1n) is 6.32. The molecule has 1 heterocycles. The summed E-state index contributed by atoms with van der Waals surface area (Å²) in [5.74, 6) is -1.30. The van der Waals surface area contributed by atoms with E-state index in [1.54, 1.807) is 24.3 Å². The third kappa shape index (κ3) is 3.59. The van der Waals surface area contributed by atoms with Crippen LogP contribution in [0.5, 0.6) is 5.75 Å². The molecule has 112 valence electrons. The van der Waals surface area contributed by atoms with Crippen LogP contribution < -0.4 is 15.8 Å². The number of carboxylic acids is 1. The monoisotopic (exact) mass is 292 g/mol. The summed E-state index contributed by atoms with van der Waals surface area (Å²) in [5.41, 5.74) is 7.57. The molecule has 2 atom stereocenters. The van der Waals surface area contributed by atoms with Gasteiger partial charge in [0.25, 0.3) is 0 Å². The number of allylic oxidation sites excluding steroid dienone is 1. The lowest BCUT2D eigenvalue weighted by Gasteiger charge is -2.21. The van der Waals surface area contributed by atoms with Crippen LogP contribution in [-0.4, -0.2) is 34.4 Å². The number of hydrogen-bond donors (Lipinski definition) is 4. The summed E-state index contributed by atoms with van der Waals surface area (Å²) in [7, 11) is 0. The molecular formula is C14H16N2O5. The lowest BCUT2D eigenvalue weighted by atomic mass is 10.0. The molecule has 2 rings (SSSR count). The molecule has 1 aliphatic heterocycles. The van der Waals surface area contributed by atoms with Crippen molar-refractivity contribution < 1.29 is 24.5 Å². The third-order valence-corrected chi connectivity index (χ3v) is 3.05. The van der Waals surface area contributed by atoms with E-state index in [2.05, 4.69) is 5.32 Å². The summed E-state index contributed by atoms with van der Waals surface area (Å²) in [6.07, 6.45) is 0.0923. The predicted octanol–water partition coefficient (Wildman–Crippen LogP) is 0.541. The van der Waals surface area contributed by atoms with Crippen molar-refractivity contribution in [1.82, 2.24) is 0 Å². The van der Waals surface area contributed by atoms with Crippen LogP contribution in [0, 0.1) is 0 Å². The second kappa shape index (κ2) is 5.94. The Labute approximate surface area is 121 Å². The number of fused-ring (bicyclic) bond motifs is 1. The molecule has 21 heavy (non-hydrogen) atoms. The summed E-state index contributed by atoms with van der Waals surface area (Å²) in [4.78, 5) is 22.3. The van der Waals surface area contributed by atoms with Gasteiger partial charge in [-0.2, -0.15) is 0 Å². The van der Waals surface area contributed by atoms with Gasteiger partial charge in [0.2, 0.25) is 12.2 Å². The van der Waals surface area contributed by atoms with Gasteiger partial charge in [0.1, 0.15) is 5.75 Å². The Kier molecular flexibility index (Phi) is 4.25. The fraction of sp³-hybridized carbons (Fsp3) is 0.286. The minimum atomic E-state index is -1.14. The number of anilines is 1. The Hall–Kier alpha value is -2.38. The van der Waals surface area contributed by atoms with Gasteiger partial charge in [0.05, 0.1) is 12.5 Å². The fourth-order valence-electron chi connectivity index (χ4n) is 2.01. The maximum absolute atomic E-state index is 11.7. The summed E-state index contributed by atoms with van der Waals surface area (Å²) >= 11 is 0. The van der Waals surface area contributed by atoms with E-state index < -0.39 is 30.6 Å². The summed E-state index contributed by atoms with van der Waals surface area (Å²) in [6.45, 7) is 1.84. The van der Waals surface area contributed by atoms with Gasteiger partial charge in [0, 0.05) is 17.3 Å². The van der Waals surface area contributed by atoms with Gasteiger partial charge in [-0.3, -0.25) is 9.59 Å². The third-order valence-electron chi connectivity index (χ3n) is 3.05. The number of benzene rings is 1. The molecule has 1 aromatic carbocycles. The van der Waals surface area contributed by atoms with Gasteiger partial charge in [0.15, 0.2) is 0 Å². The number of rotatable bonds is 4. The van der Waals surface area contributed by atoms with E-state index in [1.165, 1.54) is 0 Å². The van der Waals surface area contributed by atoms with Crippen molar-refractivity contribution in [3.8, 4) is 5.75 Å². The number of ether oxygens (including phenoxy) is 1. The van der Waals surface area contributed by atoms with Crippen LogP contribution in [0.25, 0.3) is 5.57 Å². The van der Waals surface area contributed by atoms with Crippen molar-refractivity contribution in [2.75, 3.05) is 5.32 Å². The van der Waals surface area contributed by atoms with Gasteiger partial charge in [-0.15, -0.1) is 0 Å². The van der Waals surface area contributed by atoms with Crippen molar-refractivity contribution in [2.45, 2.75) is 25.7 Å². The van der Waals surface area contributed by atoms with Crippen LogP contribution in [-0.2, 0) is 9.59 Å². The number of aliphatic carboxylic acids is 1. The van der Waals surface area contributed by atoms with E-state index in [0.29, 0.717) is 11.4 Å². The fourth-order valence-corrected chi connectivity index (χ4v) is 2.01. The zero-order chi connectivity index (χ0) is 15.6. The number of amides is 1. The zero-order valence-electron chi connectivity index (χ0n) is 11.4. The van der Waals surface area contributed by atoms with Crippen LogP contribution in [0.2, 0.25) is 0 Å². The highest BCUT2D eigenvalue weighted by Gasteiger charge is 2.20. The number of hydrogen-bond acceptors (Lipinski definition) is 5. The molecule has 0 spiro atoms. The average molecular weight is 292 g/mol. The van der Waals surface area contributed by atoms with Gasteiger partial charge in [-0.05, 0) is 30.7 Å². The molecule has 0 radical (unpaired) electrons. The molecule has 7 heteroatoms. The van der Waals surface area contributed by atoms with Gasteiger partial charge >= 0.3 is 5.97 Å². The largest absolute Gasteiger partial charge is 0.481 e. The molecule has 0 saturated heterocycles. The quantitative estimate of drug-likeness (QED) is 0.642. The summed E-state index contributed by atoms with van der Waals surface area (Å²) in [5, 5.41) is 20.6. The highest BCUT2D eigenvalue weighted by Crippen LogP contribution is 2.33. The summed E-state index contributed by atoms with van der Waals surface area (Å²) in [6, 6.07) is 3.82. The molecule has 1 amide bonds. The first kappa shape index (κ1) is 15.0. The number of nitrogens with one attached hydrogen (secondary N) is 1. The molecule has 0 aliphatic carbocycles. The van der Waals surface area contributed by atoms with Crippen molar-refractivity contribution in [2.24, 2.45) is 5.73 Å². The minimum Gasteiger partial charge on any atom is -0.481 e. The lowest BCUT2D eigenvalue weighted by Crippen LogP contribution is -2.37. The Morgan fingerprint density at radius 1 is 1.48 bits per heavy atom. The molecule has 1 aromatic rings. The van der Waals surface area contributed by atoms with E-state index in [-0.39, 0.29) is 0 Å². The number of aliphatic hydroxyl groups excluding tert-OH is 1. The Morgan fingerprint density at radius 2 is 2.19 bits per heavy atom. The topological polar surface area (TPSA) is 122 Å². The molecule has 1 unspecified atom stereocenters. The molecule has 0 fully saturated rings. The lowest BCUT2D eigenvalue weighted by molar-refractivity contribution is -0.138. The van der Waals surface area contributed by atoms with E-state index in [9.17, 15) is 14.7 Å². The molecule has 7 nitrogen and oxygen atoms in total. The molecule has 5 N–H and O–H groups in total. The van der Waals surface area contributed by atoms with E-state index in [4.69, 9.17) is 15.6 Å². The second-order valence-electron chi connectivity index (χ2n) is 4.76. The number of carbonyl (C=O) groups is 2. The van der Waals surface area contributed by atoms with Crippen LogP contribution in [0.15, 0.2) is 24.3 Å². The Balaban J connectivity index is 2.13. The number of aliphatic hydroxyl groups is 1. The average Bonchev–Trinajstić information content (AvgIpc) is 2.37. The smallest absolute Gasteiger partial charge is 0.305 e. The highest BCUT2D eigenvalue weighted by atomic mass is 16.6. The van der Waals surface area contributed by atoms with Gasteiger partial charge < -0.3 is 26.0 Å². The van der Waals surface area contributed by atoms with Crippen LogP contribution in [0.4, 0.5) is 5.69 Å². The van der Waals surface area contributed by atoms with E-state index in [1.807, 2.05) is 6.92 Å². The maximum atomic E-state index is 11.7. The molecule has 1 aliphatic rings. The van der Waals surface area contributed by atoms with Crippen molar-refractivity contribution in [1.29, 1.82) is 0 Å². The Morgan fingerprint density at radius 3 is 2.86 bits per heavy atom. The zero-order valence-corrected chi connectivity index (χ0v) is 11.4. The standard InChI is InChI=1S/C14H16N2O5/c1-7-4-13(19)21-11-5-8(2-3-9(7)11)16-14(20)10(15)6-12(17)18/h2-5,10,13,19H,6,15H2,1H3,(H,16,20)(H,17,18)/t10-,13?/m0/s1. The van der Waals surface area contributed by atoms with E-state index >= 15 is 0 Å². The van der Waals surface area contributed by atoms with Gasteiger partial charge in [-0.1, -0.05) is 0 Å². The number of carboxylic acid groups (broad SMARTS) is 1. The minimum absolute atomic E-state index is 0.418. The Bertz CT molecular complexity index is 611.